The summed E-state index contributed by atoms with van der Waals surface area (Å²) in [6.07, 6.45) is 9.32. The lowest BCUT2D eigenvalue weighted by Gasteiger charge is -2.31. The SMILES string of the molecule is CO[C@@H]1CC(C(C)C)N(c2nc3cc(-c4noc(=O)[nH]4)nc(-c4cncc(Cl)c4)c3n2CC2CCC(C)CC2)C1. The van der Waals surface area contributed by atoms with Crippen molar-refractivity contribution in [1.82, 2.24) is 29.7 Å². The van der Waals surface area contributed by atoms with Crippen LogP contribution in [-0.2, 0) is 11.3 Å². The zero-order valence-corrected chi connectivity index (χ0v) is 24.2. The van der Waals surface area contributed by atoms with E-state index < -0.39 is 5.76 Å². The van der Waals surface area contributed by atoms with Gasteiger partial charge < -0.3 is 14.2 Å². The van der Waals surface area contributed by atoms with Gasteiger partial charge in [0.05, 0.1) is 27.9 Å². The molecule has 0 spiro atoms. The number of anilines is 1. The molecule has 0 amide bonds. The third kappa shape index (κ3) is 5.14. The highest BCUT2D eigenvalue weighted by molar-refractivity contribution is 6.30. The molecular weight excluding hydrogens is 530 g/mol. The van der Waals surface area contributed by atoms with Crippen molar-refractivity contribution in [2.75, 3.05) is 18.6 Å². The third-order valence-corrected chi connectivity index (χ3v) is 8.81. The second-order valence-corrected chi connectivity index (χ2v) is 12.2. The van der Waals surface area contributed by atoms with Crippen molar-refractivity contribution >= 4 is 28.6 Å². The number of halogens is 1. The van der Waals surface area contributed by atoms with Crippen LogP contribution in [0.1, 0.15) is 52.9 Å². The highest BCUT2D eigenvalue weighted by atomic mass is 35.5. The Morgan fingerprint density at radius 1 is 1.18 bits per heavy atom. The fraction of sp³-hybridized carbons (Fsp3) is 0.552. The first kappa shape index (κ1) is 27.0. The first-order chi connectivity index (χ1) is 19.3. The van der Waals surface area contributed by atoms with E-state index in [9.17, 15) is 4.79 Å². The summed E-state index contributed by atoms with van der Waals surface area (Å²) in [4.78, 5) is 31.4. The first-order valence-corrected chi connectivity index (χ1v) is 14.6. The molecule has 0 radical (unpaired) electrons. The molecular formula is C29H36ClN7O3. The lowest BCUT2D eigenvalue weighted by atomic mass is 9.83. The Morgan fingerprint density at radius 2 is 1.98 bits per heavy atom. The van der Waals surface area contributed by atoms with Crippen LogP contribution in [-0.4, -0.2) is 55.5 Å². The van der Waals surface area contributed by atoms with Gasteiger partial charge in [-0.05, 0) is 49.1 Å². The maximum absolute atomic E-state index is 11.8. The number of methoxy groups -OCH3 is 1. The van der Waals surface area contributed by atoms with Crippen LogP contribution in [0.3, 0.4) is 0 Å². The minimum Gasteiger partial charge on any atom is -0.380 e. The average molecular weight is 566 g/mol. The Morgan fingerprint density at radius 3 is 2.65 bits per heavy atom. The van der Waals surface area contributed by atoms with Gasteiger partial charge in [0, 0.05) is 44.2 Å². The quantitative estimate of drug-likeness (QED) is 0.309. The molecule has 1 aliphatic heterocycles. The molecule has 1 N–H and O–H groups in total. The second kappa shape index (κ2) is 11.0. The third-order valence-electron chi connectivity index (χ3n) is 8.61. The number of H-pyrrole nitrogens is 1. The minimum atomic E-state index is -0.636. The number of aromatic nitrogens is 6. The van der Waals surface area contributed by atoms with Crippen molar-refractivity contribution < 1.29 is 9.26 Å². The number of pyridine rings is 2. The summed E-state index contributed by atoms with van der Waals surface area (Å²) in [5.74, 6) is 2.28. The summed E-state index contributed by atoms with van der Waals surface area (Å²) >= 11 is 6.40. The van der Waals surface area contributed by atoms with Crippen molar-refractivity contribution in [3.8, 4) is 22.8 Å². The summed E-state index contributed by atoms with van der Waals surface area (Å²) in [7, 11) is 1.79. The van der Waals surface area contributed by atoms with Gasteiger partial charge in [-0.2, -0.15) is 0 Å². The van der Waals surface area contributed by atoms with E-state index in [1.54, 1.807) is 19.5 Å². The number of imidazole rings is 1. The molecule has 6 rings (SSSR count). The Bertz CT molecular complexity index is 1550. The highest BCUT2D eigenvalue weighted by Gasteiger charge is 2.38. The van der Waals surface area contributed by atoms with Crippen molar-refractivity contribution in [1.29, 1.82) is 0 Å². The second-order valence-electron chi connectivity index (χ2n) is 11.8. The molecule has 1 saturated heterocycles. The van der Waals surface area contributed by atoms with E-state index in [0.29, 0.717) is 34.3 Å². The Kier molecular flexibility index (Phi) is 7.39. The van der Waals surface area contributed by atoms with E-state index in [-0.39, 0.29) is 11.9 Å². The lowest BCUT2D eigenvalue weighted by molar-refractivity contribution is 0.116. The van der Waals surface area contributed by atoms with Gasteiger partial charge in [-0.15, -0.1) is 0 Å². The van der Waals surface area contributed by atoms with Gasteiger partial charge in [0.15, 0.2) is 0 Å². The van der Waals surface area contributed by atoms with E-state index in [2.05, 4.69) is 45.4 Å². The van der Waals surface area contributed by atoms with Crippen molar-refractivity contribution in [3.63, 3.8) is 0 Å². The highest BCUT2D eigenvalue weighted by Crippen LogP contribution is 2.39. The minimum absolute atomic E-state index is 0.140. The fourth-order valence-electron chi connectivity index (χ4n) is 6.37. The van der Waals surface area contributed by atoms with Crippen molar-refractivity contribution in [3.05, 3.63) is 40.1 Å². The van der Waals surface area contributed by atoms with Crippen LogP contribution in [0.5, 0.6) is 0 Å². The van der Waals surface area contributed by atoms with Crippen LogP contribution in [0.25, 0.3) is 33.8 Å². The molecule has 1 aliphatic carbocycles. The number of aromatic amines is 1. The van der Waals surface area contributed by atoms with Crippen LogP contribution < -0.4 is 10.7 Å². The van der Waals surface area contributed by atoms with Gasteiger partial charge in [-0.1, -0.05) is 50.4 Å². The first-order valence-electron chi connectivity index (χ1n) is 14.2. The maximum Gasteiger partial charge on any atom is 0.439 e. The molecule has 0 bridgehead atoms. The summed E-state index contributed by atoms with van der Waals surface area (Å²) in [5, 5.41) is 4.42. The summed E-state index contributed by atoms with van der Waals surface area (Å²) < 4.78 is 13.0. The Labute approximate surface area is 238 Å². The van der Waals surface area contributed by atoms with Gasteiger partial charge in [0.25, 0.3) is 0 Å². The van der Waals surface area contributed by atoms with Crippen LogP contribution in [0.15, 0.2) is 33.8 Å². The van der Waals surface area contributed by atoms with Crippen LogP contribution >= 0.6 is 11.6 Å². The van der Waals surface area contributed by atoms with Gasteiger partial charge in [-0.3, -0.25) is 14.5 Å². The molecule has 2 aliphatic rings. The molecule has 10 nitrogen and oxygen atoms in total. The summed E-state index contributed by atoms with van der Waals surface area (Å²) in [6, 6.07) is 4.03. The van der Waals surface area contributed by atoms with Crippen LogP contribution in [0.4, 0.5) is 5.95 Å². The van der Waals surface area contributed by atoms with E-state index >= 15 is 0 Å². The molecule has 1 saturated carbocycles. The molecule has 2 atom stereocenters. The lowest BCUT2D eigenvalue weighted by Crippen LogP contribution is -2.36. The van der Waals surface area contributed by atoms with E-state index in [0.717, 1.165) is 48.0 Å². The summed E-state index contributed by atoms with van der Waals surface area (Å²) in [6.45, 7) is 8.49. The Balaban J connectivity index is 1.58. The van der Waals surface area contributed by atoms with Gasteiger partial charge in [0.1, 0.15) is 5.69 Å². The monoisotopic (exact) mass is 565 g/mol. The van der Waals surface area contributed by atoms with Crippen molar-refractivity contribution in [2.24, 2.45) is 17.8 Å². The van der Waals surface area contributed by atoms with E-state index in [1.807, 2.05) is 12.1 Å². The largest absolute Gasteiger partial charge is 0.439 e. The number of nitrogens with one attached hydrogen (secondary N) is 1. The summed E-state index contributed by atoms with van der Waals surface area (Å²) in [5.41, 5.74) is 3.62. The fourth-order valence-corrected chi connectivity index (χ4v) is 6.54. The van der Waals surface area contributed by atoms with Gasteiger partial charge >= 0.3 is 5.76 Å². The molecule has 4 aromatic rings. The molecule has 5 heterocycles. The molecule has 212 valence electrons. The maximum atomic E-state index is 11.8. The van der Waals surface area contributed by atoms with Crippen molar-refractivity contribution in [2.45, 2.75) is 71.6 Å². The van der Waals surface area contributed by atoms with Gasteiger partial charge in [0.2, 0.25) is 11.8 Å². The molecule has 4 aromatic heterocycles. The molecule has 0 aromatic carbocycles. The molecule has 2 fully saturated rings. The molecule has 11 heteroatoms. The predicted molar refractivity (Wildman–Crippen MR) is 154 cm³/mol. The zero-order chi connectivity index (χ0) is 28.0. The standard InChI is InChI=1S/C29H36ClN7O3/c1-16(2)24-10-21(39-4)15-36(24)28-33-22-11-23(27-34-29(38)40-35-27)32-25(19-9-20(30)13-31-12-19)26(22)37(28)14-18-7-5-17(3)6-8-18/h9,11-13,16-18,21,24H,5-8,10,14-15H2,1-4H3,(H,34,35,38)/t17?,18?,21-,24?/m1/s1. The Hall–Kier alpha value is -3.24. The molecule has 40 heavy (non-hydrogen) atoms. The smallest absolute Gasteiger partial charge is 0.380 e. The normalized spacial score (nSPS) is 23.5. The number of ether oxygens (including phenoxy) is 1. The van der Waals surface area contributed by atoms with Crippen LogP contribution in [0.2, 0.25) is 5.02 Å². The predicted octanol–water partition coefficient (Wildman–Crippen LogP) is 5.57. The number of nitrogens with zero attached hydrogens (tertiary/aromatic N) is 6. The van der Waals surface area contributed by atoms with E-state index in [1.165, 1.54) is 25.7 Å². The average Bonchev–Trinajstić information content (AvgIpc) is 3.66. The van der Waals surface area contributed by atoms with E-state index in [4.69, 9.17) is 30.8 Å². The van der Waals surface area contributed by atoms with Crippen LogP contribution in [0, 0.1) is 17.8 Å². The number of hydrogen-bond acceptors (Lipinski definition) is 8. The van der Waals surface area contributed by atoms with Gasteiger partial charge in [-0.25, -0.2) is 14.8 Å². The number of rotatable bonds is 7. The number of fused-ring (bicyclic) bond motifs is 1. The topological polar surface area (TPSA) is 115 Å². The molecule has 1 unspecified atom stereocenters. The number of hydrogen-bond donors (Lipinski definition) is 1. The zero-order valence-electron chi connectivity index (χ0n) is 23.4.